The molecule has 0 saturated carbocycles. The highest BCUT2D eigenvalue weighted by Crippen LogP contribution is 2.14. The fraction of sp³-hybridized carbons (Fsp3) is 0.333. The number of hydrogen-bond donors (Lipinski definition) is 2. The Balaban J connectivity index is 1.79. The Hall–Kier alpha value is -2.50. The lowest BCUT2D eigenvalue weighted by molar-refractivity contribution is -0.116. The number of nitrogens with two attached hydrogens (primary N) is 1. The smallest absolute Gasteiger partial charge is 0.228 e. The molecule has 2 rings (SSSR count). The Morgan fingerprint density at radius 1 is 1.33 bits per heavy atom. The Bertz CT molecular complexity index is 590. The molecule has 3 N–H and O–H groups in total. The molecule has 0 fully saturated rings. The van der Waals surface area contributed by atoms with Gasteiger partial charge in [0, 0.05) is 17.8 Å². The molecule has 1 aromatic heterocycles. The lowest BCUT2D eigenvalue weighted by atomic mass is 10.3. The van der Waals surface area contributed by atoms with Gasteiger partial charge in [-0.05, 0) is 38.1 Å². The van der Waals surface area contributed by atoms with Crippen LogP contribution in [0.3, 0.4) is 0 Å². The SMILES string of the molecule is CC(C)n1nccc1NC(=O)CCOc1ccc(N)cc1. The molecule has 6 nitrogen and oxygen atoms in total. The maximum absolute atomic E-state index is 11.9. The van der Waals surface area contributed by atoms with Crippen LogP contribution in [-0.2, 0) is 4.79 Å². The van der Waals surface area contributed by atoms with E-state index in [1.165, 1.54) is 0 Å². The molecule has 112 valence electrons. The minimum atomic E-state index is -0.104. The predicted molar refractivity (Wildman–Crippen MR) is 82.2 cm³/mol. The molecule has 0 aliphatic carbocycles. The van der Waals surface area contributed by atoms with Crippen LogP contribution in [0.25, 0.3) is 0 Å². The number of benzene rings is 1. The fourth-order valence-electron chi connectivity index (χ4n) is 1.86. The summed E-state index contributed by atoms with van der Waals surface area (Å²) in [5.74, 6) is 1.29. The van der Waals surface area contributed by atoms with Crippen LogP contribution in [0.1, 0.15) is 26.3 Å². The van der Waals surface area contributed by atoms with E-state index >= 15 is 0 Å². The molecule has 0 aliphatic rings. The highest BCUT2D eigenvalue weighted by atomic mass is 16.5. The quantitative estimate of drug-likeness (QED) is 0.800. The van der Waals surface area contributed by atoms with Gasteiger partial charge < -0.3 is 15.8 Å². The molecule has 1 aromatic carbocycles. The Morgan fingerprint density at radius 3 is 2.71 bits per heavy atom. The normalized spacial score (nSPS) is 10.6. The minimum absolute atomic E-state index is 0.104. The monoisotopic (exact) mass is 288 g/mol. The summed E-state index contributed by atoms with van der Waals surface area (Å²) in [7, 11) is 0. The molecule has 0 saturated heterocycles. The van der Waals surface area contributed by atoms with Gasteiger partial charge in [-0.25, -0.2) is 4.68 Å². The van der Waals surface area contributed by atoms with Crippen LogP contribution >= 0.6 is 0 Å². The van der Waals surface area contributed by atoms with Crippen molar-refractivity contribution in [2.24, 2.45) is 0 Å². The van der Waals surface area contributed by atoms with Gasteiger partial charge in [0.25, 0.3) is 0 Å². The van der Waals surface area contributed by atoms with Crippen molar-refractivity contribution in [3.63, 3.8) is 0 Å². The molecular formula is C15H20N4O2. The van der Waals surface area contributed by atoms with Crippen molar-refractivity contribution in [2.45, 2.75) is 26.3 Å². The van der Waals surface area contributed by atoms with Crippen molar-refractivity contribution in [1.29, 1.82) is 0 Å². The van der Waals surface area contributed by atoms with E-state index in [0.29, 0.717) is 23.9 Å². The number of carbonyl (C=O) groups excluding carboxylic acids is 1. The van der Waals surface area contributed by atoms with Gasteiger partial charge in [-0.1, -0.05) is 0 Å². The molecule has 0 unspecified atom stereocenters. The van der Waals surface area contributed by atoms with E-state index in [9.17, 15) is 4.79 Å². The van der Waals surface area contributed by atoms with Crippen molar-refractivity contribution in [2.75, 3.05) is 17.7 Å². The molecule has 6 heteroatoms. The van der Waals surface area contributed by atoms with Crippen molar-refractivity contribution in [3.05, 3.63) is 36.5 Å². The first-order chi connectivity index (χ1) is 10.1. The zero-order chi connectivity index (χ0) is 15.2. The molecule has 0 atom stereocenters. The average Bonchev–Trinajstić information content (AvgIpc) is 2.89. The average molecular weight is 288 g/mol. The van der Waals surface area contributed by atoms with Crippen molar-refractivity contribution >= 4 is 17.4 Å². The third-order valence-electron chi connectivity index (χ3n) is 2.90. The molecule has 1 amide bonds. The molecule has 21 heavy (non-hydrogen) atoms. The first kappa shape index (κ1) is 14.9. The van der Waals surface area contributed by atoms with E-state index in [4.69, 9.17) is 10.5 Å². The van der Waals surface area contributed by atoms with Crippen LogP contribution in [0.4, 0.5) is 11.5 Å². The second-order valence-corrected chi connectivity index (χ2v) is 4.97. The largest absolute Gasteiger partial charge is 0.493 e. The molecule has 0 bridgehead atoms. The van der Waals surface area contributed by atoms with Crippen molar-refractivity contribution in [3.8, 4) is 5.75 Å². The van der Waals surface area contributed by atoms with Crippen LogP contribution < -0.4 is 15.8 Å². The predicted octanol–water partition coefficient (Wildman–Crippen LogP) is 2.45. The first-order valence-corrected chi connectivity index (χ1v) is 6.88. The lowest BCUT2D eigenvalue weighted by Crippen LogP contribution is -2.18. The standard InChI is InChI=1S/C15H20N4O2/c1-11(2)19-14(7-9-17-19)18-15(20)8-10-21-13-5-3-12(16)4-6-13/h3-7,9,11H,8,10,16H2,1-2H3,(H,18,20). The molecule has 0 radical (unpaired) electrons. The van der Waals surface area contributed by atoms with Gasteiger partial charge in [0.2, 0.25) is 5.91 Å². The number of aromatic nitrogens is 2. The molecule has 0 spiro atoms. The van der Waals surface area contributed by atoms with Gasteiger partial charge in [0.15, 0.2) is 0 Å². The zero-order valence-electron chi connectivity index (χ0n) is 12.2. The summed E-state index contributed by atoms with van der Waals surface area (Å²) < 4.78 is 7.25. The molecule has 0 aliphatic heterocycles. The second-order valence-electron chi connectivity index (χ2n) is 4.97. The van der Waals surface area contributed by atoms with Crippen LogP contribution in [0, 0.1) is 0 Å². The van der Waals surface area contributed by atoms with Gasteiger partial charge >= 0.3 is 0 Å². The Morgan fingerprint density at radius 2 is 2.05 bits per heavy atom. The highest BCUT2D eigenvalue weighted by Gasteiger charge is 2.09. The van der Waals surface area contributed by atoms with Gasteiger partial charge in [-0.2, -0.15) is 5.10 Å². The number of carbonyl (C=O) groups is 1. The molecule has 1 heterocycles. The highest BCUT2D eigenvalue weighted by molar-refractivity contribution is 5.89. The van der Waals surface area contributed by atoms with Gasteiger partial charge in [0.05, 0.1) is 19.2 Å². The van der Waals surface area contributed by atoms with Crippen LogP contribution in [0.5, 0.6) is 5.75 Å². The van der Waals surface area contributed by atoms with E-state index in [1.54, 1.807) is 41.2 Å². The topological polar surface area (TPSA) is 82.2 Å². The number of anilines is 2. The van der Waals surface area contributed by atoms with E-state index < -0.39 is 0 Å². The maximum atomic E-state index is 11.9. The maximum Gasteiger partial charge on any atom is 0.228 e. The van der Waals surface area contributed by atoms with Gasteiger partial charge in [-0.15, -0.1) is 0 Å². The summed E-state index contributed by atoms with van der Waals surface area (Å²) >= 11 is 0. The van der Waals surface area contributed by atoms with E-state index in [2.05, 4.69) is 10.4 Å². The Labute approximate surface area is 123 Å². The number of rotatable bonds is 6. The zero-order valence-corrected chi connectivity index (χ0v) is 12.2. The van der Waals surface area contributed by atoms with Crippen LogP contribution in [-0.4, -0.2) is 22.3 Å². The second kappa shape index (κ2) is 6.78. The van der Waals surface area contributed by atoms with Crippen molar-refractivity contribution < 1.29 is 9.53 Å². The fourth-order valence-corrected chi connectivity index (χ4v) is 1.86. The lowest BCUT2D eigenvalue weighted by Gasteiger charge is -2.12. The van der Waals surface area contributed by atoms with E-state index in [1.807, 2.05) is 13.8 Å². The van der Waals surface area contributed by atoms with Gasteiger partial charge in [0.1, 0.15) is 11.6 Å². The van der Waals surface area contributed by atoms with E-state index in [-0.39, 0.29) is 18.4 Å². The molecular weight excluding hydrogens is 268 g/mol. The van der Waals surface area contributed by atoms with Crippen molar-refractivity contribution in [1.82, 2.24) is 9.78 Å². The summed E-state index contributed by atoms with van der Waals surface area (Å²) in [4.78, 5) is 11.9. The third-order valence-corrected chi connectivity index (χ3v) is 2.90. The summed E-state index contributed by atoms with van der Waals surface area (Å²) in [6.45, 7) is 4.32. The van der Waals surface area contributed by atoms with Crippen LogP contribution in [0.2, 0.25) is 0 Å². The summed E-state index contributed by atoms with van der Waals surface area (Å²) in [6, 6.07) is 9.05. The number of hydrogen-bond acceptors (Lipinski definition) is 4. The van der Waals surface area contributed by atoms with E-state index in [0.717, 1.165) is 0 Å². The number of nitrogens with zero attached hydrogens (tertiary/aromatic N) is 2. The summed E-state index contributed by atoms with van der Waals surface area (Å²) in [5, 5.41) is 6.99. The summed E-state index contributed by atoms with van der Waals surface area (Å²) in [5.41, 5.74) is 6.27. The number of nitrogen functional groups attached to an aromatic ring is 1. The van der Waals surface area contributed by atoms with Gasteiger partial charge in [-0.3, -0.25) is 4.79 Å². The number of nitrogens with one attached hydrogen (secondary N) is 1. The number of amides is 1. The first-order valence-electron chi connectivity index (χ1n) is 6.88. The molecule has 2 aromatic rings. The number of ether oxygens (including phenoxy) is 1. The Kier molecular flexibility index (Phi) is 4.81. The third kappa shape index (κ3) is 4.24. The minimum Gasteiger partial charge on any atom is -0.493 e. The van der Waals surface area contributed by atoms with Crippen LogP contribution in [0.15, 0.2) is 36.5 Å². The summed E-state index contributed by atoms with van der Waals surface area (Å²) in [6.07, 6.45) is 1.94.